The van der Waals surface area contributed by atoms with Crippen LogP contribution < -0.4 is 9.47 Å². The molecule has 0 spiro atoms. The zero-order valence-electron chi connectivity index (χ0n) is 17.3. The number of ether oxygens (including phenoxy) is 3. The minimum Gasteiger partial charge on any atom is -0.454 e. The third kappa shape index (κ3) is 4.13. The lowest BCUT2D eigenvalue weighted by Gasteiger charge is -2.47. The molecule has 154 valence electrons. The molecule has 0 aliphatic carbocycles. The normalized spacial score (nSPS) is 26.0. The Balaban J connectivity index is 1.43. The molecule has 4 rings (SSSR count). The predicted molar refractivity (Wildman–Crippen MR) is 107 cm³/mol. The minimum atomic E-state index is -0.0452. The van der Waals surface area contributed by atoms with Crippen molar-refractivity contribution in [2.45, 2.75) is 45.6 Å². The molecule has 0 bridgehead atoms. The molecule has 0 unspecified atom stereocenters. The van der Waals surface area contributed by atoms with Gasteiger partial charge in [0.15, 0.2) is 11.5 Å². The van der Waals surface area contributed by atoms with E-state index in [9.17, 15) is 4.79 Å². The molecule has 0 saturated carbocycles. The first kappa shape index (κ1) is 19.5. The second-order valence-electron chi connectivity index (χ2n) is 9.34. The number of piperidine rings is 1. The van der Waals surface area contributed by atoms with Crippen molar-refractivity contribution in [1.82, 2.24) is 9.80 Å². The Morgan fingerprint density at radius 1 is 1.14 bits per heavy atom. The van der Waals surface area contributed by atoms with Crippen LogP contribution in [-0.4, -0.2) is 67.4 Å². The SMILES string of the molecule is CC(C)(CN1C[C@@](C)(Cc2ccc3c(c2)OCO3)CCC1=O)N1CCOCC1. The zero-order valence-corrected chi connectivity index (χ0v) is 17.3. The van der Waals surface area contributed by atoms with Gasteiger partial charge in [0.2, 0.25) is 12.7 Å². The topological polar surface area (TPSA) is 51.2 Å². The molecule has 0 radical (unpaired) electrons. The molecule has 6 heteroatoms. The fraction of sp³-hybridized carbons (Fsp3) is 0.682. The summed E-state index contributed by atoms with van der Waals surface area (Å²) in [6.07, 6.45) is 2.49. The maximum atomic E-state index is 12.7. The number of likely N-dealkylation sites (tertiary alicyclic amines) is 1. The van der Waals surface area contributed by atoms with E-state index in [1.807, 2.05) is 6.07 Å². The number of morpholine rings is 1. The molecular weight excluding hydrogens is 356 g/mol. The van der Waals surface area contributed by atoms with Crippen molar-refractivity contribution in [2.75, 3.05) is 46.2 Å². The van der Waals surface area contributed by atoms with Crippen LogP contribution in [0.2, 0.25) is 0 Å². The molecule has 0 aromatic heterocycles. The predicted octanol–water partition coefficient (Wildman–Crippen LogP) is 2.70. The van der Waals surface area contributed by atoms with E-state index in [2.05, 4.69) is 42.7 Å². The number of nitrogens with zero attached hydrogens (tertiary/aromatic N) is 2. The van der Waals surface area contributed by atoms with Gasteiger partial charge in [0, 0.05) is 38.1 Å². The van der Waals surface area contributed by atoms with Crippen LogP contribution in [0, 0.1) is 5.41 Å². The third-order valence-electron chi connectivity index (χ3n) is 6.38. The average molecular weight is 389 g/mol. The van der Waals surface area contributed by atoms with Gasteiger partial charge in [-0.1, -0.05) is 13.0 Å². The standard InChI is InChI=1S/C22H32N2O4/c1-21(2,24-8-10-26-11-9-24)14-23-15-22(3,7-6-20(23)25)13-17-4-5-18-19(12-17)28-16-27-18/h4-5,12H,6-11,13-16H2,1-3H3/t22-/m1/s1. The fourth-order valence-corrected chi connectivity index (χ4v) is 4.76. The summed E-state index contributed by atoms with van der Waals surface area (Å²) in [5.41, 5.74) is 1.27. The van der Waals surface area contributed by atoms with Crippen molar-refractivity contribution in [3.05, 3.63) is 23.8 Å². The number of hydrogen-bond acceptors (Lipinski definition) is 5. The Bertz CT molecular complexity index is 729. The summed E-state index contributed by atoms with van der Waals surface area (Å²) < 4.78 is 16.4. The molecule has 1 aromatic carbocycles. The van der Waals surface area contributed by atoms with Crippen LogP contribution in [0.4, 0.5) is 0 Å². The molecular formula is C22H32N2O4. The Kier molecular flexibility index (Phi) is 5.27. The van der Waals surface area contributed by atoms with Gasteiger partial charge in [0.25, 0.3) is 0 Å². The monoisotopic (exact) mass is 388 g/mol. The molecule has 1 aromatic rings. The highest BCUT2D eigenvalue weighted by Gasteiger charge is 2.39. The van der Waals surface area contributed by atoms with Gasteiger partial charge in [-0.25, -0.2) is 0 Å². The first-order valence-corrected chi connectivity index (χ1v) is 10.3. The van der Waals surface area contributed by atoms with E-state index >= 15 is 0 Å². The van der Waals surface area contributed by atoms with Crippen molar-refractivity contribution in [1.29, 1.82) is 0 Å². The number of fused-ring (bicyclic) bond motifs is 1. The summed E-state index contributed by atoms with van der Waals surface area (Å²) >= 11 is 0. The van der Waals surface area contributed by atoms with Crippen molar-refractivity contribution in [3.8, 4) is 11.5 Å². The Morgan fingerprint density at radius 3 is 2.68 bits per heavy atom. The minimum absolute atomic E-state index is 0.0452. The average Bonchev–Trinajstić information content (AvgIpc) is 3.13. The third-order valence-corrected chi connectivity index (χ3v) is 6.38. The van der Waals surface area contributed by atoms with Gasteiger partial charge in [0.05, 0.1) is 13.2 Å². The van der Waals surface area contributed by atoms with Crippen LogP contribution in [0.1, 0.15) is 39.2 Å². The van der Waals surface area contributed by atoms with Gasteiger partial charge in [-0.05, 0) is 49.8 Å². The molecule has 1 atom stereocenters. The first-order valence-electron chi connectivity index (χ1n) is 10.3. The van der Waals surface area contributed by atoms with E-state index in [4.69, 9.17) is 14.2 Å². The molecule has 6 nitrogen and oxygen atoms in total. The summed E-state index contributed by atoms with van der Waals surface area (Å²) in [5, 5.41) is 0. The van der Waals surface area contributed by atoms with Crippen molar-refractivity contribution < 1.29 is 19.0 Å². The highest BCUT2D eigenvalue weighted by Crippen LogP contribution is 2.38. The molecule has 0 N–H and O–H groups in total. The smallest absolute Gasteiger partial charge is 0.231 e. The summed E-state index contributed by atoms with van der Waals surface area (Å²) in [6.45, 7) is 12.1. The van der Waals surface area contributed by atoms with Crippen LogP contribution in [-0.2, 0) is 16.0 Å². The second-order valence-corrected chi connectivity index (χ2v) is 9.34. The highest BCUT2D eigenvalue weighted by atomic mass is 16.7. The maximum Gasteiger partial charge on any atom is 0.231 e. The summed E-state index contributed by atoms with van der Waals surface area (Å²) in [7, 11) is 0. The van der Waals surface area contributed by atoms with Gasteiger partial charge in [-0.15, -0.1) is 0 Å². The summed E-state index contributed by atoms with van der Waals surface area (Å²) in [5.74, 6) is 1.93. The first-order chi connectivity index (χ1) is 13.3. The molecule has 3 heterocycles. The van der Waals surface area contributed by atoms with Gasteiger partial charge < -0.3 is 19.1 Å². The fourth-order valence-electron chi connectivity index (χ4n) is 4.76. The Labute approximate surface area is 167 Å². The number of benzene rings is 1. The molecule has 2 saturated heterocycles. The lowest BCUT2D eigenvalue weighted by atomic mass is 9.76. The maximum absolute atomic E-state index is 12.7. The highest BCUT2D eigenvalue weighted by molar-refractivity contribution is 5.77. The number of rotatable bonds is 5. The second kappa shape index (κ2) is 7.56. The lowest BCUT2D eigenvalue weighted by molar-refractivity contribution is -0.140. The number of carbonyl (C=O) groups is 1. The number of carbonyl (C=O) groups excluding carboxylic acids is 1. The lowest BCUT2D eigenvalue weighted by Crippen LogP contribution is -2.58. The zero-order chi connectivity index (χ0) is 19.8. The quantitative estimate of drug-likeness (QED) is 0.776. The van der Waals surface area contributed by atoms with E-state index in [1.165, 1.54) is 5.56 Å². The van der Waals surface area contributed by atoms with Crippen molar-refractivity contribution in [2.24, 2.45) is 5.41 Å². The Hall–Kier alpha value is -1.79. The summed E-state index contributed by atoms with van der Waals surface area (Å²) in [6, 6.07) is 6.21. The largest absolute Gasteiger partial charge is 0.454 e. The van der Waals surface area contributed by atoms with E-state index in [0.29, 0.717) is 13.2 Å². The van der Waals surface area contributed by atoms with E-state index in [0.717, 1.165) is 63.7 Å². The van der Waals surface area contributed by atoms with E-state index in [1.54, 1.807) is 0 Å². The van der Waals surface area contributed by atoms with E-state index < -0.39 is 0 Å². The molecule has 2 fully saturated rings. The van der Waals surface area contributed by atoms with Crippen LogP contribution in [0.5, 0.6) is 11.5 Å². The molecule has 3 aliphatic rings. The summed E-state index contributed by atoms with van der Waals surface area (Å²) in [4.78, 5) is 17.2. The van der Waals surface area contributed by atoms with Gasteiger partial charge in [-0.3, -0.25) is 9.69 Å². The van der Waals surface area contributed by atoms with Crippen LogP contribution >= 0.6 is 0 Å². The van der Waals surface area contributed by atoms with Crippen molar-refractivity contribution >= 4 is 5.91 Å². The van der Waals surface area contributed by atoms with Gasteiger partial charge in [-0.2, -0.15) is 0 Å². The molecule has 28 heavy (non-hydrogen) atoms. The van der Waals surface area contributed by atoms with Gasteiger partial charge >= 0.3 is 0 Å². The van der Waals surface area contributed by atoms with Crippen LogP contribution in [0.3, 0.4) is 0 Å². The van der Waals surface area contributed by atoms with Crippen LogP contribution in [0.15, 0.2) is 18.2 Å². The van der Waals surface area contributed by atoms with Crippen LogP contribution in [0.25, 0.3) is 0 Å². The van der Waals surface area contributed by atoms with E-state index in [-0.39, 0.29) is 16.9 Å². The molecule has 1 amide bonds. The molecule has 3 aliphatic heterocycles. The number of hydrogen-bond donors (Lipinski definition) is 0. The van der Waals surface area contributed by atoms with Gasteiger partial charge in [0.1, 0.15) is 0 Å². The Morgan fingerprint density at radius 2 is 1.89 bits per heavy atom. The number of amides is 1. The van der Waals surface area contributed by atoms with Crippen molar-refractivity contribution in [3.63, 3.8) is 0 Å².